The van der Waals surface area contributed by atoms with E-state index in [0.717, 1.165) is 13.0 Å². The van der Waals surface area contributed by atoms with Crippen LogP contribution in [0.4, 0.5) is 0 Å². The number of rotatable bonds is 4. The summed E-state index contributed by atoms with van der Waals surface area (Å²) >= 11 is 0. The molecule has 2 rings (SSSR count). The molecule has 0 amide bonds. The summed E-state index contributed by atoms with van der Waals surface area (Å²) < 4.78 is 22.5. The number of nitrogens with zero attached hydrogens (tertiary/aromatic N) is 1. The Morgan fingerprint density at radius 3 is 2.63 bits per heavy atom. The summed E-state index contributed by atoms with van der Waals surface area (Å²) in [7, 11) is -2.87. The van der Waals surface area contributed by atoms with E-state index in [0.29, 0.717) is 18.5 Å². The summed E-state index contributed by atoms with van der Waals surface area (Å²) in [4.78, 5) is 2.30. The van der Waals surface area contributed by atoms with Gasteiger partial charge in [0, 0.05) is 25.4 Å². The first-order chi connectivity index (χ1) is 8.87. The van der Waals surface area contributed by atoms with E-state index in [1.54, 1.807) is 0 Å². The number of likely N-dealkylation sites (tertiary alicyclic amines) is 1. The number of aryl methyl sites for hydroxylation is 1. The second-order valence-corrected chi connectivity index (χ2v) is 8.02. The van der Waals surface area contributed by atoms with Gasteiger partial charge in [-0.1, -0.05) is 24.3 Å². The van der Waals surface area contributed by atoms with Crippen molar-refractivity contribution < 1.29 is 8.42 Å². The fourth-order valence-corrected chi connectivity index (χ4v) is 3.53. The molecule has 1 aromatic rings. The number of hydrogen-bond acceptors (Lipinski definition) is 3. The molecule has 1 saturated heterocycles. The molecule has 106 valence electrons. The van der Waals surface area contributed by atoms with Crippen molar-refractivity contribution in [3.05, 3.63) is 35.4 Å². The highest BCUT2D eigenvalue weighted by Gasteiger charge is 2.30. The second-order valence-electron chi connectivity index (χ2n) is 5.76. The zero-order valence-electron chi connectivity index (χ0n) is 12.0. The Bertz CT molecular complexity index is 539. The summed E-state index contributed by atoms with van der Waals surface area (Å²) in [5.41, 5.74) is 2.75. The normalized spacial score (nSPS) is 24.8. The SMILES string of the molecule is Cc1ccccc1[C@@H]1C[C@H](C)N(CCS(C)(=O)=O)C1. The van der Waals surface area contributed by atoms with Crippen molar-refractivity contribution >= 4 is 9.84 Å². The third kappa shape index (κ3) is 3.80. The van der Waals surface area contributed by atoms with E-state index < -0.39 is 9.84 Å². The Morgan fingerprint density at radius 1 is 1.32 bits per heavy atom. The van der Waals surface area contributed by atoms with E-state index in [2.05, 4.69) is 43.0 Å². The molecule has 3 nitrogen and oxygen atoms in total. The smallest absolute Gasteiger partial charge is 0.148 e. The third-order valence-corrected chi connectivity index (χ3v) is 5.01. The molecule has 0 spiro atoms. The molecule has 1 aromatic carbocycles. The van der Waals surface area contributed by atoms with Gasteiger partial charge in [0.25, 0.3) is 0 Å². The van der Waals surface area contributed by atoms with E-state index >= 15 is 0 Å². The van der Waals surface area contributed by atoms with Gasteiger partial charge in [0.15, 0.2) is 0 Å². The minimum absolute atomic E-state index is 0.262. The molecule has 1 heterocycles. The molecule has 1 aliphatic heterocycles. The predicted molar refractivity (Wildman–Crippen MR) is 79.3 cm³/mol. The molecule has 0 unspecified atom stereocenters. The molecule has 19 heavy (non-hydrogen) atoms. The van der Waals surface area contributed by atoms with Crippen molar-refractivity contribution in [2.45, 2.75) is 32.2 Å². The summed E-state index contributed by atoms with van der Waals surface area (Å²) in [5, 5.41) is 0. The Hall–Kier alpha value is -0.870. The van der Waals surface area contributed by atoms with Crippen molar-refractivity contribution in [3.63, 3.8) is 0 Å². The molecular weight excluding hydrogens is 258 g/mol. The van der Waals surface area contributed by atoms with Gasteiger partial charge in [0.1, 0.15) is 9.84 Å². The molecule has 0 saturated carbocycles. The molecular formula is C15H23NO2S. The van der Waals surface area contributed by atoms with Crippen LogP contribution in [0.25, 0.3) is 0 Å². The molecule has 0 N–H and O–H groups in total. The van der Waals surface area contributed by atoms with Crippen molar-refractivity contribution in [2.75, 3.05) is 25.1 Å². The lowest BCUT2D eigenvalue weighted by Crippen LogP contribution is -2.32. The van der Waals surface area contributed by atoms with Crippen LogP contribution in [0.15, 0.2) is 24.3 Å². The van der Waals surface area contributed by atoms with Crippen LogP contribution >= 0.6 is 0 Å². The maximum Gasteiger partial charge on any atom is 0.148 e. The molecule has 0 radical (unpaired) electrons. The molecule has 0 aliphatic carbocycles. The van der Waals surface area contributed by atoms with Crippen molar-refractivity contribution in [3.8, 4) is 0 Å². The van der Waals surface area contributed by atoms with Gasteiger partial charge in [-0.3, -0.25) is 4.90 Å². The summed E-state index contributed by atoms with van der Waals surface area (Å²) in [6.07, 6.45) is 2.43. The van der Waals surface area contributed by atoms with E-state index in [9.17, 15) is 8.42 Å². The first kappa shape index (κ1) is 14.5. The van der Waals surface area contributed by atoms with E-state index in [-0.39, 0.29) is 5.75 Å². The minimum Gasteiger partial charge on any atom is -0.299 e. The van der Waals surface area contributed by atoms with Crippen LogP contribution in [-0.4, -0.2) is 44.5 Å². The highest BCUT2D eigenvalue weighted by molar-refractivity contribution is 7.90. The number of benzene rings is 1. The van der Waals surface area contributed by atoms with Crippen molar-refractivity contribution in [1.82, 2.24) is 4.90 Å². The summed E-state index contributed by atoms with van der Waals surface area (Å²) in [6, 6.07) is 8.97. The quantitative estimate of drug-likeness (QED) is 0.849. The highest BCUT2D eigenvalue weighted by Crippen LogP contribution is 2.32. The van der Waals surface area contributed by atoms with Crippen LogP contribution in [0.5, 0.6) is 0 Å². The Kier molecular flexibility index (Phi) is 4.31. The van der Waals surface area contributed by atoms with Gasteiger partial charge in [-0.15, -0.1) is 0 Å². The van der Waals surface area contributed by atoms with Crippen LogP contribution < -0.4 is 0 Å². The van der Waals surface area contributed by atoms with Crippen LogP contribution in [0, 0.1) is 6.92 Å². The van der Waals surface area contributed by atoms with Gasteiger partial charge in [-0.05, 0) is 37.3 Å². The van der Waals surface area contributed by atoms with Crippen LogP contribution in [-0.2, 0) is 9.84 Å². The zero-order chi connectivity index (χ0) is 14.0. The van der Waals surface area contributed by atoms with E-state index in [4.69, 9.17) is 0 Å². The predicted octanol–water partition coefficient (Wildman–Crippen LogP) is 2.22. The lowest BCUT2D eigenvalue weighted by Gasteiger charge is -2.20. The van der Waals surface area contributed by atoms with Crippen molar-refractivity contribution in [2.24, 2.45) is 0 Å². The van der Waals surface area contributed by atoms with Gasteiger partial charge in [-0.25, -0.2) is 8.42 Å². The lowest BCUT2D eigenvalue weighted by molar-refractivity contribution is 0.283. The van der Waals surface area contributed by atoms with Crippen LogP contribution in [0.1, 0.15) is 30.4 Å². The van der Waals surface area contributed by atoms with Crippen LogP contribution in [0.3, 0.4) is 0 Å². The highest BCUT2D eigenvalue weighted by atomic mass is 32.2. The van der Waals surface area contributed by atoms with Crippen LogP contribution in [0.2, 0.25) is 0 Å². The Labute approximate surface area is 116 Å². The monoisotopic (exact) mass is 281 g/mol. The van der Waals surface area contributed by atoms with Gasteiger partial charge >= 0.3 is 0 Å². The second kappa shape index (κ2) is 5.63. The van der Waals surface area contributed by atoms with Crippen molar-refractivity contribution in [1.29, 1.82) is 0 Å². The third-order valence-electron chi connectivity index (χ3n) is 4.08. The molecule has 1 fully saturated rings. The molecule has 0 bridgehead atoms. The summed E-state index contributed by atoms with van der Waals surface area (Å²) in [5.74, 6) is 0.799. The average Bonchev–Trinajstić information content (AvgIpc) is 2.68. The Morgan fingerprint density at radius 2 is 2.00 bits per heavy atom. The standard InChI is InChI=1S/C15H23NO2S/c1-12-6-4-5-7-15(12)14-10-13(2)16(11-14)8-9-19(3,17)18/h4-7,13-14H,8-11H2,1-3H3/t13-,14+/m0/s1. The lowest BCUT2D eigenvalue weighted by atomic mass is 9.93. The summed E-state index contributed by atoms with van der Waals surface area (Å²) in [6.45, 7) is 5.98. The van der Waals surface area contributed by atoms with E-state index in [1.165, 1.54) is 17.4 Å². The van der Waals surface area contributed by atoms with E-state index in [1.807, 2.05) is 0 Å². The average molecular weight is 281 g/mol. The molecule has 0 aromatic heterocycles. The number of sulfone groups is 1. The van der Waals surface area contributed by atoms with Gasteiger partial charge in [0.05, 0.1) is 5.75 Å². The fraction of sp³-hybridized carbons (Fsp3) is 0.600. The topological polar surface area (TPSA) is 37.4 Å². The van der Waals surface area contributed by atoms with Gasteiger partial charge < -0.3 is 0 Å². The maximum atomic E-state index is 11.3. The van der Waals surface area contributed by atoms with Gasteiger partial charge in [-0.2, -0.15) is 0 Å². The maximum absolute atomic E-state index is 11.3. The molecule has 2 atom stereocenters. The Balaban J connectivity index is 2.03. The minimum atomic E-state index is -2.87. The first-order valence-corrected chi connectivity index (χ1v) is 8.90. The zero-order valence-corrected chi connectivity index (χ0v) is 12.8. The largest absolute Gasteiger partial charge is 0.299 e. The fourth-order valence-electron chi connectivity index (χ4n) is 2.96. The number of hydrogen-bond donors (Lipinski definition) is 0. The molecule has 4 heteroatoms. The first-order valence-electron chi connectivity index (χ1n) is 6.84. The molecule has 1 aliphatic rings. The van der Waals surface area contributed by atoms with Gasteiger partial charge in [0.2, 0.25) is 0 Å².